The van der Waals surface area contributed by atoms with Gasteiger partial charge in [0.25, 0.3) is 0 Å². The van der Waals surface area contributed by atoms with Gasteiger partial charge in [0.15, 0.2) is 0 Å². The fourth-order valence-corrected chi connectivity index (χ4v) is 7.61. The second-order valence-corrected chi connectivity index (χ2v) is 13.8. The molecule has 1 atom stereocenters. The van der Waals surface area contributed by atoms with Crippen LogP contribution in [-0.4, -0.2) is 0 Å². The molecule has 0 radical (unpaired) electrons. The molecule has 0 spiro atoms. The third-order valence-electron chi connectivity index (χ3n) is 7.04. The van der Waals surface area contributed by atoms with Crippen LogP contribution in [0.1, 0.15) is 33.4 Å². The summed E-state index contributed by atoms with van der Waals surface area (Å²) in [6, 6.07) is 31.5. The number of para-hydroxylation sites is 4. The van der Waals surface area contributed by atoms with Crippen molar-refractivity contribution in [1.29, 1.82) is 0 Å². The summed E-state index contributed by atoms with van der Waals surface area (Å²) in [6.45, 7) is 11.1. The summed E-state index contributed by atoms with van der Waals surface area (Å²) in [5.74, 6) is 1.59. The summed E-state index contributed by atoms with van der Waals surface area (Å²) in [5, 5.41) is 0. The zero-order valence-electron chi connectivity index (χ0n) is 26.6. The first-order chi connectivity index (χ1) is 21.9. The molecule has 5 rings (SSSR count). The lowest BCUT2D eigenvalue weighted by molar-refractivity contribution is 0.292. The van der Waals surface area contributed by atoms with Gasteiger partial charge in [0.2, 0.25) is 0 Å². The molecule has 0 aliphatic rings. The van der Waals surface area contributed by atoms with Crippen LogP contribution >= 0.6 is 15.6 Å². The summed E-state index contributed by atoms with van der Waals surface area (Å²) in [7, 11) is -8.71. The molecule has 0 fully saturated rings. The Bertz CT molecular complexity index is 1820. The van der Waals surface area contributed by atoms with Gasteiger partial charge in [0.1, 0.15) is 34.5 Å². The Hall–Kier alpha value is -4.64. The third kappa shape index (κ3) is 7.95. The van der Waals surface area contributed by atoms with Gasteiger partial charge in [-0.15, -0.1) is 0 Å². The Balaban J connectivity index is 1.49. The largest absolute Gasteiger partial charge is 0.647 e. The molecule has 8 nitrogen and oxygen atoms in total. The van der Waals surface area contributed by atoms with Crippen molar-refractivity contribution in [2.75, 3.05) is 0 Å². The summed E-state index contributed by atoms with van der Waals surface area (Å²) in [4.78, 5) is 0. The Morgan fingerprint density at radius 1 is 0.348 bits per heavy atom. The standard InChI is InChI=1S/C36H36O8P2/c1-25-14-10-15-26(2)34(25)42-45(37,39-31-20-8-7-9-21-31)40-32-22-13-23-33(24-32)41-46(38,43-35-27(3)16-11-17-28(35)4)44-36-29(5)18-12-19-30(36)6/h7-24H,1-6H3. The lowest BCUT2D eigenvalue weighted by atomic mass is 10.1. The molecule has 0 aliphatic heterocycles. The number of phosphoric ester groups is 2. The Morgan fingerprint density at radius 3 is 1.00 bits per heavy atom. The van der Waals surface area contributed by atoms with Crippen molar-refractivity contribution in [3.8, 4) is 34.5 Å². The van der Waals surface area contributed by atoms with Crippen LogP contribution in [0.15, 0.2) is 109 Å². The highest BCUT2D eigenvalue weighted by Gasteiger charge is 2.37. The van der Waals surface area contributed by atoms with Crippen molar-refractivity contribution in [3.05, 3.63) is 143 Å². The summed E-state index contributed by atoms with van der Waals surface area (Å²) in [5.41, 5.74) is 4.54. The van der Waals surface area contributed by atoms with E-state index in [1.165, 1.54) is 6.07 Å². The van der Waals surface area contributed by atoms with Gasteiger partial charge in [-0.25, -0.2) is 0 Å². The molecule has 238 valence electrons. The molecule has 0 aromatic heterocycles. The Kier molecular flexibility index (Phi) is 9.81. The smallest absolute Gasteiger partial charge is 0.386 e. The molecule has 0 saturated carbocycles. The topological polar surface area (TPSA) is 89.5 Å². The molecular weight excluding hydrogens is 622 g/mol. The van der Waals surface area contributed by atoms with E-state index in [1.54, 1.807) is 42.5 Å². The lowest BCUT2D eigenvalue weighted by Crippen LogP contribution is -2.11. The molecule has 1 unspecified atom stereocenters. The fraction of sp³-hybridized carbons (Fsp3) is 0.167. The van der Waals surface area contributed by atoms with E-state index in [-0.39, 0.29) is 17.2 Å². The first kappa shape index (κ1) is 32.7. The Morgan fingerprint density at radius 2 is 0.630 bits per heavy atom. The summed E-state index contributed by atoms with van der Waals surface area (Å²) < 4.78 is 64.7. The molecule has 0 amide bonds. The number of aryl methyl sites for hydroxylation is 6. The van der Waals surface area contributed by atoms with Crippen molar-refractivity contribution in [3.63, 3.8) is 0 Å². The van der Waals surface area contributed by atoms with Crippen molar-refractivity contribution in [2.45, 2.75) is 41.5 Å². The van der Waals surface area contributed by atoms with E-state index in [0.717, 1.165) is 33.4 Å². The molecule has 0 bridgehead atoms. The van der Waals surface area contributed by atoms with Crippen LogP contribution in [0.25, 0.3) is 0 Å². The monoisotopic (exact) mass is 658 g/mol. The van der Waals surface area contributed by atoms with E-state index in [0.29, 0.717) is 17.2 Å². The molecule has 5 aromatic rings. The van der Waals surface area contributed by atoms with Gasteiger partial charge >= 0.3 is 15.6 Å². The fourth-order valence-electron chi connectivity index (χ4n) is 4.73. The van der Waals surface area contributed by atoms with Crippen LogP contribution in [0.3, 0.4) is 0 Å². The maximum absolute atomic E-state index is 14.5. The summed E-state index contributed by atoms with van der Waals surface area (Å²) in [6.07, 6.45) is 0. The minimum Gasteiger partial charge on any atom is -0.386 e. The minimum atomic E-state index is -4.37. The quantitative estimate of drug-likeness (QED) is 0.122. The molecule has 0 saturated heterocycles. The van der Waals surface area contributed by atoms with Crippen LogP contribution in [0.2, 0.25) is 0 Å². The van der Waals surface area contributed by atoms with E-state index in [9.17, 15) is 9.13 Å². The van der Waals surface area contributed by atoms with E-state index in [4.69, 9.17) is 27.1 Å². The average Bonchev–Trinajstić information content (AvgIpc) is 3.00. The molecule has 5 aromatic carbocycles. The highest BCUT2D eigenvalue weighted by molar-refractivity contribution is 7.50. The molecule has 10 heteroatoms. The predicted octanol–water partition coefficient (Wildman–Crippen LogP) is 10.8. The van der Waals surface area contributed by atoms with Crippen LogP contribution < -0.4 is 27.1 Å². The normalized spacial score (nSPS) is 12.5. The average molecular weight is 659 g/mol. The number of benzene rings is 5. The van der Waals surface area contributed by atoms with Crippen molar-refractivity contribution < 1.29 is 36.3 Å². The summed E-state index contributed by atoms with van der Waals surface area (Å²) >= 11 is 0. The van der Waals surface area contributed by atoms with Crippen molar-refractivity contribution >= 4 is 15.6 Å². The lowest BCUT2D eigenvalue weighted by Gasteiger charge is -2.23. The first-order valence-corrected chi connectivity index (χ1v) is 17.6. The van der Waals surface area contributed by atoms with Gasteiger partial charge in [-0.2, -0.15) is 9.13 Å². The molecule has 0 heterocycles. The second kappa shape index (κ2) is 13.8. The van der Waals surface area contributed by atoms with E-state index < -0.39 is 15.6 Å². The molecule has 46 heavy (non-hydrogen) atoms. The third-order valence-corrected chi connectivity index (χ3v) is 9.56. The number of rotatable bonds is 12. The van der Waals surface area contributed by atoms with Gasteiger partial charge in [0, 0.05) is 6.07 Å². The van der Waals surface area contributed by atoms with Crippen LogP contribution in [0.4, 0.5) is 0 Å². The number of phosphoric acid groups is 2. The zero-order valence-corrected chi connectivity index (χ0v) is 28.3. The highest BCUT2D eigenvalue weighted by atomic mass is 31.2. The van der Waals surface area contributed by atoms with Crippen LogP contribution in [-0.2, 0) is 9.13 Å². The van der Waals surface area contributed by atoms with Gasteiger partial charge in [-0.05, 0) is 99.2 Å². The second-order valence-electron chi connectivity index (χ2n) is 10.9. The highest BCUT2D eigenvalue weighted by Crippen LogP contribution is 2.54. The van der Waals surface area contributed by atoms with Gasteiger partial charge in [-0.3, -0.25) is 0 Å². The van der Waals surface area contributed by atoms with Gasteiger partial charge in [0.05, 0.1) is 0 Å². The predicted molar refractivity (Wildman–Crippen MR) is 180 cm³/mol. The number of hydrogen-bond donors (Lipinski definition) is 0. The minimum absolute atomic E-state index is 0.0775. The van der Waals surface area contributed by atoms with E-state index >= 15 is 0 Å². The van der Waals surface area contributed by atoms with E-state index in [2.05, 4.69) is 0 Å². The van der Waals surface area contributed by atoms with Crippen molar-refractivity contribution in [1.82, 2.24) is 0 Å². The van der Waals surface area contributed by atoms with Crippen LogP contribution in [0, 0.1) is 41.5 Å². The van der Waals surface area contributed by atoms with Crippen molar-refractivity contribution in [2.24, 2.45) is 0 Å². The SMILES string of the molecule is Cc1cccc(C)c1OP(=O)(Oc1ccccc1)Oc1cccc(OP(=O)(Oc2c(C)cccc2C)Oc2c(C)cccc2C)c1. The maximum atomic E-state index is 14.5. The maximum Gasteiger partial charge on any atom is 0.647 e. The molecule has 0 N–H and O–H groups in total. The van der Waals surface area contributed by atoms with Crippen LogP contribution in [0.5, 0.6) is 34.5 Å². The first-order valence-electron chi connectivity index (χ1n) is 14.6. The Labute approximate surface area is 270 Å². The zero-order chi connectivity index (χ0) is 32.9. The van der Waals surface area contributed by atoms with Gasteiger partial charge < -0.3 is 27.1 Å². The number of hydrogen-bond acceptors (Lipinski definition) is 8. The molecule has 0 aliphatic carbocycles. The van der Waals surface area contributed by atoms with Gasteiger partial charge in [-0.1, -0.05) is 78.9 Å². The molecular formula is C36H36O8P2. The van der Waals surface area contributed by atoms with E-state index in [1.807, 2.05) is 102 Å².